The molecule has 4 heteroatoms. The topological polar surface area (TPSA) is 35.6 Å². The summed E-state index contributed by atoms with van der Waals surface area (Å²) in [7, 11) is 0. The second-order valence-corrected chi connectivity index (χ2v) is 3.31. The second-order valence-electron chi connectivity index (χ2n) is 3.31. The summed E-state index contributed by atoms with van der Waals surface area (Å²) in [4.78, 5) is 4.18. The molecule has 0 aliphatic rings. The SMILES string of the molecule is CCn1cc(Cn2ccnc2C)cn1. The van der Waals surface area contributed by atoms with E-state index in [4.69, 9.17) is 0 Å². The first-order valence-corrected chi connectivity index (χ1v) is 4.78. The standard InChI is InChI=1S/C10H14N4/c1-3-14-8-10(6-12-14)7-13-5-4-11-9(13)2/h4-6,8H,3,7H2,1-2H3. The van der Waals surface area contributed by atoms with Gasteiger partial charge in [-0.05, 0) is 13.8 Å². The van der Waals surface area contributed by atoms with Crippen LogP contribution in [0.15, 0.2) is 24.8 Å². The van der Waals surface area contributed by atoms with Crippen molar-refractivity contribution in [2.75, 3.05) is 0 Å². The summed E-state index contributed by atoms with van der Waals surface area (Å²) < 4.78 is 4.04. The minimum absolute atomic E-state index is 0.853. The molecule has 0 bridgehead atoms. The number of aromatic nitrogens is 4. The van der Waals surface area contributed by atoms with Gasteiger partial charge < -0.3 is 4.57 Å². The van der Waals surface area contributed by atoms with Crippen LogP contribution in [0.2, 0.25) is 0 Å². The molecule has 0 aromatic carbocycles. The molecule has 2 rings (SSSR count). The summed E-state index contributed by atoms with van der Waals surface area (Å²) in [5, 5.41) is 4.23. The molecule has 0 saturated carbocycles. The molecule has 4 nitrogen and oxygen atoms in total. The molecule has 0 fully saturated rings. The number of aryl methyl sites for hydroxylation is 2. The van der Waals surface area contributed by atoms with E-state index in [1.165, 1.54) is 5.56 Å². The van der Waals surface area contributed by atoms with Crippen LogP contribution in [0.5, 0.6) is 0 Å². The maximum atomic E-state index is 4.23. The van der Waals surface area contributed by atoms with Gasteiger partial charge in [-0.1, -0.05) is 0 Å². The Bertz CT molecular complexity index is 413. The van der Waals surface area contributed by atoms with E-state index in [2.05, 4.69) is 27.8 Å². The lowest BCUT2D eigenvalue weighted by molar-refractivity contribution is 0.658. The molecular weight excluding hydrogens is 176 g/mol. The first-order valence-electron chi connectivity index (χ1n) is 4.78. The summed E-state index contributed by atoms with van der Waals surface area (Å²) >= 11 is 0. The van der Waals surface area contributed by atoms with Crippen LogP contribution in [0.1, 0.15) is 18.3 Å². The minimum atomic E-state index is 0.853. The molecular formula is C10H14N4. The molecule has 0 aliphatic heterocycles. The van der Waals surface area contributed by atoms with Crippen molar-refractivity contribution in [2.24, 2.45) is 0 Å². The van der Waals surface area contributed by atoms with Gasteiger partial charge in [0.05, 0.1) is 12.7 Å². The van der Waals surface area contributed by atoms with Gasteiger partial charge in [0.15, 0.2) is 0 Å². The van der Waals surface area contributed by atoms with Crippen molar-refractivity contribution >= 4 is 0 Å². The summed E-state index contributed by atoms with van der Waals surface area (Å²) in [6.45, 7) is 5.86. The van der Waals surface area contributed by atoms with Crippen molar-refractivity contribution in [2.45, 2.75) is 26.9 Å². The van der Waals surface area contributed by atoms with Gasteiger partial charge in [0, 0.05) is 30.7 Å². The summed E-state index contributed by atoms with van der Waals surface area (Å²) in [6.07, 6.45) is 7.78. The monoisotopic (exact) mass is 190 g/mol. The van der Waals surface area contributed by atoms with Crippen molar-refractivity contribution in [1.82, 2.24) is 19.3 Å². The zero-order valence-electron chi connectivity index (χ0n) is 8.51. The Balaban J connectivity index is 2.15. The van der Waals surface area contributed by atoms with Gasteiger partial charge in [-0.2, -0.15) is 5.10 Å². The second kappa shape index (κ2) is 3.65. The van der Waals surface area contributed by atoms with Crippen molar-refractivity contribution in [3.63, 3.8) is 0 Å². The molecule has 2 heterocycles. The maximum absolute atomic E-state index is 4.23. The molecule has 0 N–H and O–H groups in total. The van der Waals surface area contributed by atoms with Crippen LogP contribution in [0, 0.1) is 6.92 Å². The summed E-state index contributed by atoms with van der Waals surface area (Å²) in [6, 6.07) is 0. The van der Waals surface area contributed by atoms with Crippen molar-refractivity contribution < 1.29 is 0 Å². The van der Waals surface area contributed by atoms with Crippen LogP contribution < -0.4 is 0 Å². The number of hydrogen-bond acceptors (Lipinski definition) is 2. The highest BCUT2D eigenvalue weighted by Gasteiger charge is 2.00. The van der Waals surface area contributed by atoms with Gasteiger partial charge in [-0.25, -0.2) is 4.98 Å². The van der Waals surface area contributed by atoms with Crippen LogP contribution in [-0.4, -0.2) is 19.3 Å². The van der Waals surface area contributed by atoms with E-state index in [1.54, 1.807) is 0 Å². The van der Waals surface area contributed by atoms with Gasteiger partial charge in [0.2, 0.25) is 0 Å². The largest absolute Gasteiger partial charge is 0.331 e. The predicted molar refractivity (Wildman–Crippen MR) is 54.0 cm³/mol. The third kappa shape index (κ3) is 1.69. The fraction of sp³-hybridized carbons (Fsp3) is 0.400. The van der Waals surface area contributed by atoms with Crippen LogP contribution in [0.3, 0.4) is 0 Å². The van der Waals surface area contributed by atoms with E-state index >= 15 is 0 Å². The number of rotatable bonds is 3. The van der Waals surface area contributed by atoms with E-state index in [1.807, 2.05) is 30.2 Å². The molecule has 2 aromatic rings. The Morgan fingerprint density at radius 3 is 2.86 bits per heavy atom. The van der Waals surface area contributed by atoms with E-state index in [-0.39, 0.29) is 0 Å². The summed E-state index contributed by atoms with van der Waals surface area (Å²) in [5.74, 6) is 1.04. The van der Waals surface area contributed by atoms with Crippen molar-refractivity contribution in [1.29, 1.82) is 0 Å². The predicted octanol–water partition coefficient (Wildman–Crippen LogP) is 1.46. The Morgan fingerprint density at radius 1 is 1.43 bits per heavy atom. The molecule has 0 spiro atoms. The van der Waals surface area contributed by atoms with Crippen LogP contribution in [-0.2, 0) is 13.1 Å². The number of imidazole rings is 1. The quantitative estimate of drug-likeness (QED) is 0.734. The lowest BCUT2D eigenvalue weighted by Crippen LogP contribution is -1.99. The molecule has 0 unspecified atom stereocenters. The van der Waals surface area contributed by atoms with E-state index < -0.39 is 0 Å². The first kappa shape index (κ1) is 8.99. The van der Waals surface area contributed by atoms with Gasteiger partial charge in [-0.15, -0.1) is 0 Å². The highest BCUT2D eigenvalue weighted by Crippen LogP contribution is 2.03. The smallest absolute Gasteiger partial charge is 0.105 e. The average Bonchev–Trinajstić information content (AvgIpc) is 2.77. The van der Waals surface area contributed by atoms with Gasteiger partial charge in [0.25, 0.3) is 0 Å². The van der Waals surface area contributed by atoms with Crippen LogP contribution in [0.4, 0.5) is 0 Å². The van der Waals surface area contributed by atoms with E-state index in [0.29, 0.717) is 0 Å². The maximum Gasteiger partial charge on any atom is 0.105 e. The number of hydrogen-bond donors (Lipinski definition) is 0. The molecule has 2 aromatic heterocycles. The zero-order chi connectivity index (χ0) is 9.97. The highest BCUT2D eigenvalue weighted by atomic mass is 15.3. The molecule has 0 radical (unpaired) electrons. The lowest BCUT2D eigenvalue weighted by Gasteiger charge is -2.01. The molecule has 14 heavy (non-hydrogen) atoms. The van der Waals surface area contributed by atoms with E-state index in [9.17, 15) is 0 Å². The lowest BCUT2D eigenvalue weighted by atomic mass is 10.3. The van der Waals surface area contributed by atoms with Gasteiger partial charge in [-0.3, -0.25) is 4.68 Å². The number of nitrogens with zero attached hydrogens (tertiary/aromatic N) is 4. The highest BCUT2D eigenvalue weighted by molar-refractivity contribution is 5.06. The van der Waals surface area contributed by atoms with Gasteiger partial charge >= 0.3 is 0 Å². The third-order valence-electron chi connectivity index (χ3n) is 2.29. The Morgan fingerprint density at radius 2 is 2.29 bits per heavy atom. The molecule has 0 atom stereocenters. The molecule has 0 saturated heterocycles. The van der Waals surface area contributed by atoms with Crippen LogP contribution in [0.25, 0.3) is 0 Å². The Hall–Kier alpha value is -1.58. The van der Waals surface area contributed by atoms with Gasteiger partial charge in [0.1, 0.15) is 5.82 Å². The Labute approximate surface area is 83.2 Å². The molecule has 0 amide bonds. The molecule has 0 aliphatic carbocycles. The normalized spacial score (nSPS) is 10.7. The average molecular weight is 190 g/mol. The van der Waals surface area contributed by atoms with Crippen molar-refractivity contribution in [3.05, 3.63) is 36.2 Å². The van der Waals surface area contributed by atoms with Crippen LogP contribution >= 0.6 is 0 Å². The minimum Gasteiger partial charge on any atom is -0.331 e. The summed E-state index contributed by atoms with van der Waals surface area (Å²) in [5.41, 5.74) is 1.22. The molecule has 74 valence electrons. The van der Waals surface area contributed by atoms with Crippen molar-refractivity contribution in [3.8, 4) is 0 Å². The first-order chi connectivity index (χ1) is 6.79. The Kier molecular flexibility index (Phi) is 2.35. The fourth-order valence-electron chi connectivity index (χ4n) is 1.43. The van der Waals surface area contributed by atoms with E-state index in [0.717, 1.165) is 18.9 Å². The third-order valence-corrected chi connectivity index (χ3v) is 2.29. The fourth-order valence-corrected chi connectivity index (χ4v) is 1.43. The zero-order valence-corrected chi connectivity index (χ0v) is 8.51.